The molecule has 5 heteroatoms. The summed E-state index contributed by atoms with van der Waals surface area (Å²) in [4.78, 5) is 18.4. The number of rotatable bonds is 3. The zero-order valence-electron chi connectivity index (χ0n) is 17.4. The van der Waals surface area contributed by atoms with E-state index in [-0.39, 0.29) is 0 Å². The fraction of sp³-hybridized carbons (Fsp3) is 0.0370. The largest absolute Gasteiger partial charge is 0.456 e. The van der Waals surface area contributed by atoms with Crippen molar-refractivity contribution < 1.29 is 4.42 Å². The first kappa shape index (κ1) is 18.4. The molecule has 3 heterocycles. The fourth-order valence-corrected chi connectivity index (χ4v) is 4.05. The summed E-state index contributed by atoms with van der Waals surface area (Å²) < 4.78 is 5.97. The smallest absolute Gasteiger partial charge is 0.164 e. The molecule has 0 unspecified atom stereocenters. The highest BCUT2D eigenvalue weighted by atomic mass is 16.3. The highest BCUT2D eigenvalue weighted by molar-refractivity contribution is 6.06. The Hall–Kier alpha value is -4.38. The number of hydrogen-bond donors (Lipinski definition) is 0. The number of fused-ring (bicyclic) bond motifs is 3. The Bertz CT molecular complexity index is 1590. The third kappa shape index (κ3) is 3.11. The molecule has 0 saturated carbocycles. The van der Waals surface area contributed by atoms with Crippen molar-refractivity contribution in [1.82, 2.24) is 19.9 Å². The van der Waals surface area contributed by atoms with Gasteiger partial charge in [0.1, 0.15) is 17.0 Å². The third-order valence-electron chi connectivity index (χ3n) is 5.52. The molecule has 0 aliphatic rings. The van der Waals surface area contributed by atoms with Gasteiger partial charge >= 0.3 is 0 Å². The molecule has 6 rings (SSSR count). The Kier molecular flexibility index (Phi) is 4.25. The van der Waals surface area contributed by atoms with Gasteiger partial charge in [0.05, 0.1) is 0 Å². The third-order valence-corrected chi connectivity index (χ3v) is 5.52. The van der Waals surface area contributed by atoms with Crippen molar-refractivity contribution in [2.45, 2.75) is 6.92 Å². The second kappa shape index (κ2) is 7.39. The van der Waals surface area contributed by atoms with E-state index in [1.165, 1.54) is 0 Å². The van der Waals surface area contributed by atoms with E-state index in [2.05, 4.69) is 33.2 Å². The zero-order valence-corrected chi connectivity index (χ0v) is 17.4. The number of aryl methyl sites for hydroxylation is 1. The molecular formula is C27H18N4O. The fourth-order valence-electron chi connectivity index (χ4n) is 4.05. The predicted molar refractivity (Wildman–Crippen MR) is 126 cm³/mol. The van der Waals surface area contributed by atoms with Crippen LogP contribution in [0.1, 0.15) is 5.82 Å². The highest BCUT2D eigenvalue weighted by Crippen LogP contribution is 2.33. The van der Waals surface area contributed by atoms with Gasteiger partial charge in [0, 0.05) is 39.9 Å². The predicted octanol–water partition coefficient (Wildman–Crippen LogP) is 6.48. The lowest BCUT2D eigenvalue weighted by Gasteiger charge is -2.10. The molecule has 0 N–H and O–H groups in total. The maximum Gasteiger partial charge on any atom is 0.164 e. The van der Waals surface area contributed by atoms with Gasteiger partial charge in [-0.2, -0.15) is 0 Å². The number of hydrogen-bond acceptors (Lipinski definition) is 5. The normalized spacial score (nSPS) is 11.3. The molecule has 32 heavy (non-hydrogen) atoms. The van der Waals surface area contributed by atoms with Gasteiger partial charge in [-0.25, -0.2) is 15.0 Å². The van der Waals surface area contributed by atoms with E-state index in [1.54, 1.807) is 6.20 Å². The monoisotopic (exact) mass is 414 g/mol. The number of para-hydroxylation sites is 1. The Morgan fingerprint density at radius 2 is 1.41 bits per heavy atom. The van der Waals surface area contributed by atoms with E-state index in [1.807, 2.05) is 73.8 Å². The highest BCUT2D eigenvalue weighted by Gasteiger charge is 2.14. The van der Waals surface area contributed by atoms with Gasteiger partial charge in [-0.15, -0.1) is 0 Å². The summed E-state index contributed by atoms with van der Waals surface area (Å²) in [5, 5.41) is 2.13. The second-order valence-corrected chi connectivity index (χ2v) is 7.63. The van der Waals surface area contributed by atoms with Crippen LogP contribution in [0.25, 0.3) is 55.8 Å². The molecule has 0 saturated heterocycles. The molecule has 0 radical (unpaired) electrons. The van der Waals surface area contributed by atoms with Gasteiger partial charge in [-0.05, 0) is 42.8 Å². The average Bonchev–Trinajstić information content (AvgIpc) is 3.22. The first-order chi connectivity index (χ1) is 15.8. The standard InChI is InChI=1S/C27H18N4O/c1-17-29-26(18-12-13-25-23(15-18)21-9-4-5-11-24(21)32-25)31-27(30-17)22-10-3-2-8-20(22)19-7-6-14-28-16-19/h2-16H,1H3. The van der Waals surface area contributed by atoms with Gasteiger partial charge < -0.3 is 4.42 Å². The molecule has 0 fully saturated rings. The molecular weight excluding hydrogens is 396 g/mol. The van der Waals surface area contributed by atoms with Crippen molar-refractivity contribution in [1.29, 1.82) is 0 Å². The van der Waals surface area contributed by atoms with Crippen molar-refractivity contribution in [3.8, 4) is 33.9 Å². The summed E-state index contributed by atoms with van der Waals surface area (Å²) in [6.45, 7) is 1.90. The van der Waals surface area contributed by atoms with Crippen molar-refractivity contribution in [3.05, 3.63) is 97.1 Å². The molecule has 0 aliphatic heterocycles. The van der Waals surface area contributed by atoms with Crippen LogP contribution in [0.15, 0.2) is 95.7 Å². The van der Waals surface area contributed by atoms with Crippen molar-refractivity contribution in [2.24, 2.45) is 0 Å². The van der Waals surface area contributed by atoms with Crippen LogP contribution in [0.2, 0.25) is 0 Å². The van der Waals surface area contributed by atoms with Crippen LogP contribution in [0.4, 0.5) is 0 Å². The Morgan fingerprint density at radius 1 is 0.625 bits per heavy atom. The van der Waals surface area contributed by atoms with Gasteiger partial charge in [0.25, 0.3) is 0 Å². The van der Waals surface area contributed by atoms with E-state index >= 15 is 0 Å². The minimum absolute atomic E-state index is 0.640. The number of benzene rings is 3. The molecule has 0 bridgehead atoms. The molecule has 152 valence electrons. The summed E-state index contributed by atoms with van der Waals surface area (Å²) in [6.07, 6.45) is 3.62. The van der Waals surface area contributed by atoms with Crippen LogP contribution in [0, 0.1) is 6.92 Å². The molecule has 0 spiro atoms. The van der Waals surface area contributed by atoms with Gasteiger partial charge in [0.2, 0.25) is 0 Å². The van der Waals surface area contributed by atoms with Crippen LogP contribution in [0.3, 0.4) is 0 Å². The summed E-state index contributed by atoms with van der Waals surface area (Å²) in [6, 6.07) is 26.2. The van der Waals surface area contributed by atoms with E-state index in [9.17, 15) is 0 Å². The van der Waals surface area contributed by atoms with Crippen molar-refractivity contribution in [3.63, 3.8) is 0 Å². The Morgan fingerprint density at radius 3 is 2.28 bits per heavy atom. The quantitative estimate of drug-likeness (QED) is 0.332. The molecule has 0 atom stereocenters. The second-order valence-electron chi connectivity index (χ2n) is 7.63. The van der Waals surface area contributed by atoms with Gasteiger partial charge in [-0.1, -0.05) is 48.5 Å². The maximum absolute atomic E-state index is 5.97. The van der Waals surface area contributed by atoms with Crippen molar-refractivity contribution in [2.75, 3.05) is 0 Å². The molecule has 0 amide bonds. The molecule has 3 aromatic carbocycles. The number of furan rings is 1. The van der Waals surface area contributed by atoms with Crippen molar-refractivity contribution >= 4 is 21.9 Å². The summed E-state index contributed by atoms with van der Waals surface area (Å²) in [5.74, 6) is 1.95. The van der Waals surface area contributed by atoms with E-state index in [0.29, 0.717) is 17.5 Å². The van der Waals surface area contributed by atoms with E-state index in [4.69, 9.17) is 9.40 Å². The number of aromatic nitrogens is 4. The first-order valence-electron chi connectivity index (χ1n) is 10.4. The first-order valence-corrected chi connectivity index (χ1v) is 10.4. The lowest BCUT2D eigenvalue weighted by atomic mass is 10.0. The number of pyridine rings is 1. The molecule has 3 aromatic heterocycles. The lowest BCUT2D eigenvalue weighted by molar-refractivity contribution is 0.669. The van der Waals surface area contributed by atoms with Gasteiger partial charge in [0.15, 0.2) is 11.6 Å². The maximum atomic E-state index is 5.97. The molecule has 0 aliphatic carbocycles. The van der Waals surface area contributed by atoms with Crippen LogP contribution < -0.4 is 0 Å². The van der Waals surface area contributed by atoms with E-state index < -0.39 is 0 Å². The number of nitrogens with zero attached hydrogens (tertiary/aromatic N) is 4. The molecule has 6 aromatic rings. The van der Waals surface area contributed by atoms with Gasteiger partial charge in [-0.3, -0.25) is 4.98 Å². The Labute approximate surface area is 184 Å². The average molecular weight is 414 g/mol. The summed E-state index contributed by atoms with van der Waals surface area (Å²) in [7, 11) is 0. The van der Waals surface area contributed by atoms with E-state index in [0.717, 1.165) is 44.2 Å². The SMILES string of the molecule is Cc1nc(-c2ccc3oc4ccccc4c3c2)nc(-c2ccccc2-c2cccnc2)n1. The van der Waals surface area contributed by atoms with Crippen LogP contribution in [0.5, 0.6) is 0 Å². The lowest BCUT2D eigenvalue weighted by Crippen LogP contribution is -2.00. The zero-order chi connectivity index (χ0) is 21.5. The Balaban J connectivity index is 1.52. The minimum Gasteiger partial charge on any atom is -0.456 e. The summed E-state index contributed by atoms with van der Waals surface area (Å²) >= 11 is 0. The van der Waals surface area contributed by atoms with Crippen LogP contribution in [-0.2, 0) is 0 Å². The topological polar surface area (TPSA) is 64.7 Å². The molecule has 5 nitrogen and oxygen atoms in total. The van der Waals surface area contributed by atoms with Crippen LogP contribution in [-0.4, -0.2) is 19.9 Å². The minimum atomic E-state index is 0.640. The van der Waals surface area contributed by atoms with Crippen LogP contribution >= 0.6 is 0 Å². The summed E-state index contributed by atoms with van der Waals surface area (Å²) in [5.41, 5.74) is 5.65.